The zero-order chi connectivity index (χ0) is 12.5. The minimum Gasteiger partial charge on any atom is -0.386 e. The Bertz CT molecular complexity index is 380. The topological polar surface area (TPSA) is 23.5 Å². The van der Waals surface area contributed by atoms with Crippen molar-refractivity contribution in [1.29, 1.82) is 0 Å². The van der Waals surface area contributed by atoms with Gasteiger partial charge in [0.05, 0.1) is 11.6 Å². The summed E-state index contributed by atoms with van der Waals surface area (Å²) in [6, 6.07) is 8.26. The van der Waals surface area contributed by atoms with E-state index in [9.17, 15) is 5.11 Å². The van der Waals surface area contributed by atoms with Crippen molar-refractivity contribution in [2.45, 2.75) is 44.2 Å². The molecule has 0 bridgehead atoms. The van der Waals surface area contributed by atoms with Gasteiger partial charge in [-0.2, -0.15) is 0 Å². The molecule has 2 rings (SSSR count). The Morgan fingerprint density at radius 3 is 2.41 bits per heavy atom. The molecule has 0 aromatic heterocycles. The van der Waals surface area contributed by atoms with E-state index in [1.807, 2.05) is 12.1 Å². The Balaban J connectivity index is 2.31. The van der Waals surface area contributed by atoms with Crippen molar-refractivity contribution in [2.24, 2.45) is 0 Å². The number of nitrogens with zero attached hydrogens (tertiary/aromatic N) is 1. The van der Waals surface area contributed by atoms with Gasteiger partial charge in [-0.3, -0.25) is 0 Å². The van der Waals surface area contributed by atoms with Crippen molar-refractivity contribution in [3.63, 3.8) is 0 Å². The van der Waals surface area contributed by atoms with E-state index in [2.05, 4.69) is 38.1 Å². The van der Waals surface area contributed by atoms with Crippen LogP contribution in [0.4, 0.5) is 0 Å². The van der Waals surface area contributed by atoms with Crippen molar-refractivity contribution in [3.05, 3.63) is 35.4 Å². The van der Waals surface area contributed by atoms with Crippen LogP contribution in [0.3, 0.4) is 0 Å². The van der Waals surface area contributed by atoms with Crippen LogP contribution in [0, 0.1) is 6.92 Å². The summed E-state index contributed by atoms with van der Waals surface area (Å²) in [6.07, 6.45) is 4.26. The summed E-state index contributed by atoms with van der Waals surface area (Å²) in [7, 11) is 4.18. The Morgan fingerprint density at radius 2 is 1.88 bits per heavy atom. The summed E-state index contributed by atoms with van der Waals surface area (Å²) in [6.45, 7) is 2.08. The summed E-state index contributed by atoms with van der Waals surface area (Å²) in [5.41, 5.74) is 2.21. The molecule has 1 aromatic rings. The number of aliphatic hydroxyl groups excluding tert-OH is 1. The maximum absolute atomic E-state index is 10.7. The van der Waals surface area contributed by atoms with E-state index in [1.54, 1.807) is 0 Å². The first-order valence-electron chi connectivity index (χ1n) is 6.48. The van der Waals surface area contributed by atoms with Crippen molar-refractivity contribution in [3.8, 4) is 0 Å². The molecule has 2 nitrogen and oxygen atoms in total. The van der Waals surface area contributed by atoms with Gasteiger partial charge >= 0.3 is 0 Å². The van der Waals surface area contributed by atoms with Crippen LogP contribution in [0.2, 0.25) is 0 Å². The molecule has 1 aliphatic rings. The molecule has 0 heterocycles. The fourth-order valence-electron chi connectivity index (χ4n) is 3.10. The normalized spacial score (nSPS) is 20.8. The third kappa shape index (κ3) is 2.24. The lowest BCUT2D eigenvalue weighted by molar-refractivity contribution is -0.00477. The first-order valence-corrected chi connectivity index (χ1v) is 6.48. The Morgan fingerprint density at radius 1 is 1.24 bits per heavy atom. The number of aliphatic hydroxyl groups is 1. The third-order valence-corrected chi connectivity index (χ3v) is 4.23. The van der Waals surface area contributed by atoms with Gasteiger partial charge in [0.15, 0.2) is 0 Å². The standard InChI is InChI=1S/C15H23NO/c1-12-7-6-8-13(11-12)14(17)15(16(2)3)9-4-5-10-15/h6-8,11,14,17H,4-5,9-10H2,1-3H3. The molecule has 1 unspecified atom stereocenters. The highest BCUT2D eigenvalue weighted by atomic mass is 16.3. The maximum atomic E-state index is 10.7. The van der Waals surface area contributed by atoms with Crippen LogP contribution in [0.15, 0.2) is 24.3 Å². The molecule has 0 saturated heterocycles. The third-order valence-electron chi connectivity index (χ3n) is 4.23. The molecule has 2 heteroatoms. The number of likely N-dealkylation sites (N-methyl/N-ethyl adjacent to an activating group) is 1. The van der Waals surface area contributed by atoms with Gasteiger partial charge in [-0.25, -0.2) is 0 Å². The smallest absolute Gasteiger partial charge is 0.0973 e. The Kier molecular flexibility index (Phi) is 3.55. The lowest BCUT2D eigenvalue weighted by Gasteiger charge is -2.40. The average Bonchev–Trinajstić information content (AvgIpc) is 2.78. The van der Waals surface area contributed by atoms with E-state index in [-0.39, 0.29) is 11.6 Å². The quantitative estimate of drug-likeness (QED) is 0.867. The van der Waals surface area contributed by atoms with Gasteiger partial charge < -0.3 is 10.0 Å². The van der Waals surface area contributed by atoms with Crippen LogP contribution >= 0.6 is 0 Å². The molecule has 0 aliphatic heterocycles. The van der Waals surface area contributed by atoms with Gasteiger partial charge in [0, 0.05) is 0 Å². The predicted molar refractivity (Wildman–Crippen MR) is 71.0 cm³/mol. The monoisotopic (exact) mass is 233 g/mol. The van der Waals surface area contributed by atoms with E-state index in [0.29, 0.717) is 0 Å². The van der Waals surface area contributed by atoms with Gasteiger partial charge in [0.25, 0.3) is 0 Å². The number of rotatable bonds is 3. The largest absolute Gasteiger partial charge is 0.386 e. The van der Waals surface area contributed by atoms with E-state index >= 15 is 0 Å². The molecule has 1 fully saturated rings. The summed E-state index contributed by atoms with van der Waals surface area (Å²) >= 11 is 0. The molecule has 0 radical (unpaired) electrons. The summed E-state index contributed by atoms with van der Waals surface area (Å²) < 4.78 is 0. The minimum atomic E-state index is -0.375. The molecule has 1 atom stereocenters. The Hall–Kier alpha value is -0.860. The van der Waals surface area contributed by atoms with Crippen LogP contribution in [-0.2, 0) is 0 Å². The van der Waals surface area contributed by atoms with Crippen LogP contribution in [0.5, 0.6) is 0 Å². The molecule has 1 saturated carbocycles. The SMILES string of the molecule is Cc1cccc(C(O)C2(N(C)C)CCCC2)c1. The van der Waals surface area contributed by atoms with Crippen molar-refractivity contribution in [2.75, 3.05) is 14.1 Å². The van der Waals surface area contributed by atoms with Gasteiger partial charge in [0.2, 0.25) is 0 Å². The zero-order valence-corrected chi connectivity index (χ0v) is 11.1. The summed E-state index contributed by atoms with van der Waals surface area (Å²) in [5.74, 6) is 0. The van der Waals surface area contributed by atoms with Crippen molar-refractivity contribution < 1.29 is 5.11 Å². The van der Waals surface area contributed by atoms with Gasteiger partial charge in [-0.15, -0.1) is 0 Å². The second-order valence-electron chi connectivity index (χ2n) is 5.52. The molecule has 1 aliphatic carbocycles. The summed E-state index contributed by atoms with van der Waals surface area (Å²) in [5, 5.41) is 10.7. The molecular formula is C15H23NO. The van der Waals surface area contributed by atoms with Crippen LogP contribution in [-0.4, -0.2) is 29.6 Å². The lowest BCUT2D eigenvalue weighted by atomic mass is 9.84. The second-order valence-corrected chi connectivity index (χ2v) is 5.52. The number of hydrogen-bond donors (Lipinski definition) is 1. The van der Waals surface area contributed by atoms with Crippen molar-refractivity contribution >= 4 is 0 Å². The lowest BCUT2D eigenvalue weighted by Crippen LogP contribution is -2.47. The number of hydrogen-bond acceptors (Lipinski definition) is 2. The van der Waals surface area contributed by atoms with Gasteiger partial charge in [-0.1, -0.05) is 42.7 Å². The number of benzene rings is 1. The first-order chi connectivity index (χ1) is 8.06. The molecule has 0 amide bonds. The van der Waals surface area contributed by atoms with Gasteiger partial charge in [-0.05, 0) is 39.4 Å². The molecule has 1 aromatic carbocycles. The molecule has 0 spiro atoms. The summed E-state index contributed by atoms with van der Waals surface area (Å²) in [4.78, 5) is 2.22. The zero-order valence-electron chi connectivity index (χ0n) is 11.1. The van der Waals surface area contributed by atoms with Crippen LogP contribution in [0.1, 0.15) is 42.9 Å². The maximum Gasteiger partial charge on any atom is 0.0973 e. The van der Waals surface area contributed by atoms with Crippen LogP contribution in [0.25, 0.3) is 0 Å². The van der Waals surface area contributed by atoms with E-state index in [0.717, 1.165) is 18.4 Å². The highest BCUT2D eigenvalue weighted by Gasteiger charge is 2.43. The molecular weight excluding hydrogens is 210 g/mol. The van der Waals surface area contributed by atoms with Crippen LogP contribution < -0.4 is 0 Å². The van der Waals surface area contributed by atoms with E-state index < -0.39 is 0 Å². The van der Waals surface area contributed by atoms with Crippen molar-refractivity contribution in [1.82, 2.24) is 4.90 Å². The molecule has 1 N–H and O–H groups in total. The fraction of sp³-hybridized carbons (Fsp3) is 0.600. The molecule has 17 heavy (non-hydrogen) atoms. The van der Waals surface area contributed by atoms with E-state index in [4.69, 9.17) is 0 Å². The highest BCUT2D eigenvalue weighted by molar-refractivity contribution is 5.27. The fourth-order valence-corrected chi connectivity index (χ4v) is 3.10. The Labute approximate surface area is 104 Å². The molecule has 94 valence electrons. The highest BCUT2D eigenvalue weighted by Crippen LogP contribution is 2.43. The predicted octanol–water partition coefficient (Wildman–Crippen LogP) is 2.90. The first kappa shape index (κ1) is 12.6. The minimum absolute atomic E-state index is 0.0617. The second kappa shape index (κ2) is 4.79. The number of aryl methyl sites for hydroxylation is 1. The van der Waals surface area contributed by atoms with E-state index in [1.165, 1.54) is 18.4 Å². The average molecular weight is 233 g/mol. The van der Waals surface area contributed by atoms with Gasteiger partial charge in [0.1, 0.15) is 0 Å².